The van der Waals surface area contributed by atoms with Gasteiger partial charge < -0.3 is 0 Å². The Morgan fingerprint density at radius 1 is 0.735 bits per heavy atom. The molecule has 0 saturated heterocycles. The topological polar surface area (TPSA) is 0 Å². The summed E-state index contributed by atoms with van der Waals surface area (Å²) >= 11 is 1.55. The van der Waals surface area contributed by atoms with Gasteiger partial charge in [-0.05, 0) is 10.8 Å². The second kappa shape index (κ2) is 11.1. The Labute approximate surface area is 224 Å². The number of hydrogen-bond donors (Lipinski definition) is 0. The zero-order chi connectivity index (χ0) is 25.9. The van der Waals surface area contributed by atoms with Crippen LogP contribution in [-0.2, 0) is 35.1 Å². The minimum atomic E-state index is 0.194. The molecule has 0 amide bonds. The normalized spacial score (nSPS) is 13.9. The second-order valence-corrected chi connectivity index (χ2v) is 15.2. The van der Waals surface area contributed by atoms with Crippen LogP contribution in [0.1, 0.15) is 93.7 Å². The molecule has 180 valence electrons. The predicted molar refractivity (Wildman–Crippen MR) is 151 cm³/mol. The van der Waals surface area contributed by atoms with Crippen LogP contribution in [0.3, 0.4) is 0 Å². The van der Waals surface area contributed by atoms with Crippen molar-refractivity contribution < 1.29 is 24.2 Å². The van der Waals surface area contributed by atoms with Gasteiger partial charge in [-0.25, -0.2) is 6.08 Å². The molecular formula is C33H44Zr. The van der Waals surface area contributed by atoms with Crippen molar-refractivity contribution in [1.29, 1.82) is 0 Å². The van der Waals surface area contributed by atoms with E-state index in [1.165, 1.54) is 41.5 Å². The molecule has 0 N–H and O–H groups in total. The van der Waals surface area contributed by atoms with E-state index >= 15 is 0 Å². The van der Waals surface area contributed by atoms with Crippen molar-refractivity contribution in [2.45, 2.75) is 93.4 Å². The molecule has 3 aromatic rings. The number of fused-ring (bicyclic) bond motifs is 3. The second-order valence-electron chi connectivity index (χ2n) is 12.7. The third-order valence-corrected chi connectivity index (χ3v) is 6.00. The van der Waals surface area contributed by atoms with E-state index < -0.39 is 0 Å². The standard InChI is InChI=1S/C21H25.C9H13.C3H6.Zr/c1-20(2,3)16-9-7-14-11-15-8-10-17(21(4,5)6)13-19(15)18(14)12-16;1-9(2,3)8-6-4-5-7-8;1-3-2;/h7-13H,1-6H3;6-7H,4H2,1-3H3;1-2H3;/q2*-1;;+2. The minimum absolute atomic E-state index is 0.194. The summed E-state index contributed by atoms with van der Waals surface area (Å²) in [7, 11) is 0. The van der Waals surface area contributed by atoms with Gasteiger partial charge in [-0.3, -0.25) is 6.08 Å². The van der Waals surface area contributed by atoms with Gasteiger partial charge in [0.1, 0.15) is 0 Å². The van der Waals surface area contributed by atoms with Crippen LogP contribution in [0, 0.1) is 11.5 Å². The van der Waals surface area contributed by atoms with Gasteiger partial charge in [0, 0.05) is 0 Å². The van der Waals surface area contributed by atoms with Gasteiger partial charge in [-0.15, -0.1) is 46.2 Å². The SMILES string of the molecule is CC(C)(C)C1=CC[C-]=C1.CC(C)(C)c1ccc2[cH-]c3ccc(C(C)(C)C)cc3c2c1.C[C](C)=[Zr+2]. The van der Waals surface area contributed by atoms with E-state index in [0.717, 1.165) is 6.42 Å². The zero-order valence-electron chi connectivity index (χ0n) is 23.4. The van der Waals surface area contributed by atoms with Gasteiger partial charge in [0.05, 0.1) is 0 Å². The summed E-state index contributed by atoms with van der Waals surface area (Å²) < 4.78 is 1.51. The average molecular weight is 532 g/mol. The first kappa shape index (κ1) is 28.8. The van der Waals surface area contributed by atoms with Crippen molar-refractivity contribution in [1.82, 2.24) is 0 Å². The zero-order valence-corrected chi connectivity index (χ0v) is 25.9. The Bertz CT molecular complexity index is 1120. The van der Waals surface area contributed by atoms with Crippen LogP contribution in [0.2, 0.25) is 0 Å². The molecule has 0 bridgehead atoms. The molecule has 1 aliphatic carbocycles. The van der Waals surface area contributed by atoms with Gasteiger partial charge in [0.2, 0.25) is 0 Å². The maximum atomic E-state index is 3.16. The van der Waals surface area contributed by atoms with Gasteiger partial charge in [-0.2, -0.15) is 11.6 Å². The van der Waals surface area contributed by atoms with Crippen LogP contribution >= 0.6 is 0 Å². The molecule has 0 atom stereocenters. The van der Waals surface area contributed by atoms with Crippen LogP contribution < -0.4 is 0 Å². The molecule has 3 aromatic carbocycles. The summed E-state index contributed by atoms with van der Waals surface area (Å²) in [6.07, 6.45) is 8.50. The van der Waals surface area contributed by atoms with Crippen molar-refractivity contribution in [3.63, 3.8) is 0 Å². The summed E-state index contributed by atoms with van der Waals surface area (Å²) in [5.41, 5.74) is 4.94. The molecule has 0 unspecified atom stereocenters. The average Bonchev–Trinajstić information content (AvgIpc) is 3.33. The van der Waals surface area contributed by atoms with Crippen LogP contribution in [0.4, 0.5) is 0 Å². The number of rotatable bonds is 0. The Morgan fingerprint density at radius 3 is 1.41 bits per heavy atom. The van der Waals surface area contributed by atoms with Gasteiger partial charge in [0.25, 0.3) is 0 Å². The van der Waals surface area contributed by atoms with Gasteiger partial charge in [-0.1, -0.05) is 103 Å². The fourth-order valence-electron chi connectivity index (χ4n) is 3.85. The molecule has 0 nitrogen and oxygen atoms in total. The monoisotopic (exact) mass is 530 g/mol. The summed E-state index contributed by atoms with van der Waals surface area (Å²) in [5, 5.41) is 5.49. The fraction of sp³-hybridized carbons (Fsp3) is 0.455. The molecule has 0 radical (unpaired) electrons. The van der Waals surface area contributed by atoms with E-state index in [4.69, 9.17) is 0 Å². The number of allylic oxidation sites excluding steroid dienone is 4. The number of benzene rings is 2. The third-order valence-electron chi connectivity index (χ3n) is 6.00. The first-order chi connectivity index (χ1) is 15.5. The van der Waals surface area contributed by atoms with E-state index in [1.54, 1.807) is 24.2 Å². The van der Waals surface area contributed by atoms with Crippen molar-refractivity contribution in [3.05, 3.63) is 77.4 Å². The van der Waals surface area contributed by atoms with E-state index in [0.29, 0.717) is 5.41 Å². The van der Waals surface area contributed by atoms with Gasteiger partial charge >= 0.3 is 41.3 Å². The molecule has 0 heterocycles. The van der Waals surface area contributed by atoms with Crippen LogP contribution in [0.15, 0.2) is 60.2 Å². The Hall–Kier alpha value is -1.46. The molecule has 0 aromatic heterocycles. The molecule has 1 aliphatic rings. The quantitative estimate of drug-likeness (QED) is 0.253. The molecule has 0 saturated carbocycles. The Balaban J connectivity index is 0.000000260. The van der Waals surface area contributed by atoms with E-state index in [1.807, 2.05) is 0 Å². The summed E-state index contributed by atoms with van der Waals surface area (Å²) in [5.74, 6) is 0. The maximum absolute atomic E-state index is 3.16. The van der Waals surface area contributed by atoms with Crippen molar-refractivity contribution >= 4 is 24.8 Å². The fourth-order valence-corrected chi connectivity index (χ4v) is 3.85. The summed E-state index contributed by atoms with van der Waals surface area (Å²) in [4.78, 5) is 0. The molecule has 0 spiro atoms. The van der Waals surface area contributed by atoms with E-state index in [2.05, 4.69) is 137 Å². The Kier molecular flexibility index (Phi) is 9.38. The molecule has 34 heavy (non-hydrogen) atoms. The van der Waals surface area contributed by atoms with Crippen LogP contribution in [-0.4, -0.2) is 3.21 Å². The van der Waals surface area contributed by atoms with Gasteiger partial charge in [0.15, 0.2) is 0 Å². The van der Waals surface area contributed by atoms with Crippen LogP contribution in [0.25, 0.3) is 21.5 Å². The molecule has 1 heteroatoms. The Morgan fingerprint density at radius 2 is 1.15 bits per heavy atom. The number of hydrogen-bond acceptors (Lipinski definition) is 0. The van der Waals surface area contributed by atoms with Crippen LogP contribution in [0.5, 0.6) is 0 Å². The molecule has 0 aliphatic heterocycles. The van der Waals surface area contributed by atoms with Crippen molar-refractivity contribution in [2.75, 3.05) is 0 Å². The third kappa shape index (κ3) is 8.05. The first-order valence-corrected chi connectivity index (χ1v) is 13.7. The molecule has 4 rings (SSSR count). The molecule has 0 fully saturated rings. The van der Waals surface area contributed by atoms with Crippen molar-refractivity contribution in [2.24, 2.45) is 5.41 Å². The van der Waals surface area contributed by atoms with Crippen molar-refractivity contribution in [3.8, 4) is 0 Å². The molecular weight excluding hydrogens is 488 g/mol. The predicted octanol–water partition coefficient (Wildman–Crippen LogP) is 9.77. The summed E-state index contributed by atoms with van der Waals surface area (Å²) in [6, 6.07) is 16.1. The van der Waals surface area contributed by atoms with E-state index in [9.17, 15) is 0 Å². The van der Waals surface area contributed by atoms with E-state index in [-0.39, 0.29) is 10.8 Å². The first-order valence-electron chi connectivity index (χ1n) is 12.4. The summed E-state index contributed by atoms with van der Waals surface area (Å²) in [6.45, 7) is 24.6.